The Balaban J connectivity index is 1.69. The highest BCUT2D eigenvalue weighted by Crippen LogP contribution is 2.30. The molecule has 1 aromatic heterocycles. The molecule has 3 heterocycles. The van der Waals surface area contributed by atoms with Crippen molar-refractivity contribution in [3.05, 3.63) is 17.7 Å². The van der Waals surface area contributed by atoms with Crippen molar-refractivity contribution in [2.45, 2.75) is 26.7 Å². The van der Waals surface area contributed by atoms with E-state index in [9.17, 15) is 5.26 Å². The van der Waals surface area contributed by atoms with Gasteiger partial charge in [0.25, 0.3) is 0 Å². The van der Waals surface area contributed by atoms with Crippen LogP contribution in [0.3, 0.4) is 0 Å². The lowest BCUT2D eigenvalue weighted by Crippen LogP contribution is -2.30. The van der Waals surface area contributed by atoms with E-state index in [1.807, 2.05) is 12.1 Å². The molecule has 0 aromatic carbocycles. The van der Waals surface area contributed by atoms with E-state index in [1.54, 1.807) is 0 Å². The van der Waals surface area contributed by atoms with Crippen LogP contribution in [0.4, 0.5) is 11.6 Å². The van der Waals surface area contributed by atoms with Gasteiger partial charge in [-0.2, -0.15) is 5.26 Å². The number of pyridine rings is 1. The number of nitrogens with zero attached hydrogens (tertiary/aromatic N) is 6. The zero-order chi connectivity index (χ0) is 20.1. The van der Waals surface area contributed by atoms with Crippen molar-refractivity contribution in [3.8, 4) is 6.07 Å². The van der Waals surface area contributed by atoms with Crippen molar-refractivity contribution < 1.29 is 0 Å². The summed E-state index contributed by atoms with van der Waals surface area (Å²) < 4.78 is 0. The Labute approximate surface area is 170 Å². The lowest BCUT2D eigenvalue weighted by Gasteiger charge is -2.24. The Bertz CT molecular complexity index is 684. The first-order valence-corrected chi connectivity index (χ1v) is 10.8. The molecule has 2 atom stereocenters. The van der Waals surface area contributed by atoms with Gasteiger partial charge in [0.2, 0.25) is 0 Å². The lowest BCUT2D eigenvalue weighted by molar-refractivity contribution is 0.300. The number of nitriles is 1. The van der Waals surface area contributed by atoms with Crippen molar-refractivity contribution in [1.82, 2.24) is 14.8 Å². The van der Waals surface area contributed by atoms with Crippen LogP contribution in [0.5, 0.6) is 0 Å². The Morgan fingerprint density at radius 1 is 1.00 bits per heavy atom. The third kappa shape index (κ3) is 4.95. The zero-order valence-electron chi connectivity index (χ0n) is 18.1. The molecule has 6 nitrogen and oxygen atoms in total. The summed E-state index contributed by atoms with van der Waals surface area (Å²) in [5, 5.41) is 9.61. The first-order valence-electron chi connectivity index (χ1n) is 10.8. The number of hydrogen-bond acceptors (Lipinski definition) is 6. The van der Waals surface area contributed by atoms with Gasteiger partial charge in [-0.05, 0) is 64.0 Å². The van der Waals surface area contributed by atoms with E-state index >= 15 is 0 Å². The Kier molecular flexibility index (Phi) is 7.14. The normalized spacial score (nSPS) is 22.5. The predicted octanol–water partition coefficient (Wildman–Crippen LogP) is 2.51. The molecule has 0 amide bonds. The van der Waals surface area contributed by atoms with E-state index in [2.05, 4.69) is 53.6 Å². The van der Waals surface area contributed by atoms with E-state index in [4.69, 9.17) is 4.98 Å². The standard InChI is InChI=1S/C22H36N6/c1-5-25(3)14-18-9-11-27(16-18)21-8-7-20(13-23)22(24-21)28-12-10-19(17-28)15-26(4)6-2/h7-8,18-19H,5-6,9-12,14-17H2,1-4H3. The molecule has 2 fully saturated rings. The summed E-state index contributed by atoms with van der Waals surface area (Å²) in [4.78, 5) is 14.5. The van der Waals surface area contributed by atoms with Crippen LogP contribution in [0.1, 0.15) is 32.3 Å². The van der Waals surface area contributed by atoms with E-state index in [-0.39, 0.29) is 0 Å². The molecule has 2 aliphatic heterocycles. The second-order valence-electron chi connectivity index (χ2n) is 8.56. The van der Waals surface area contributed by atoms with Crippen LogP contribution in [0, 0.1) is 23.2 Å². The van der Waals surface area contributed by atoms with Gasteiger partial charge in [-0.25, -0.2) is 4.98 Å². The van der Waals surface area contributed by atoms with Crippen LogP contribution in [0.15, 0.2) is 12.1 Å². The maximum absolute atomic E-state index is 9.61. The van der Waals surface area contributed by atoms with Crippen LogP contribution in [-0.4, -0.2) is 81.2 Å². The van der Waals surface area contributed by atoms with Crippen molar-refractivity contribution in [2.24, 2.45) is 11.8 Å². The van der Waals surface area contributed by atoms with Gasteiger partial charge in [0.15, 0.2) is 0 Å². The molecule has 154 valence electrons. The minimum atomic E-state index is 0.655. The summed E-state index contributed by atoms with van der Waals surface area (Å²) in [6, 6.07) is 6.36. The van der Waals surface area contributed by atoms with Gasteiger partial charge in [0.1, 0.15) is 17.7 Å². The minimum absolute atomic E-state index is 0.655. The van der Waals surface area contributed by atoms with Crippen LogP contribution in [0.2, 0.25) is 0 Å². The number of aromatic nitrogens is 1. The van der Waals surface area contributed by atoms with E-state index in [1.165, 1.54) is 12.8 Å². The highest BCUT2D eigenvalue weighted by atomic mass is 15.3. The first-order chi connectivity index (χ1) is 13.5. The van der Waals surface area contributed by atoms with Crippen LogP contribution in [0.25, 0.3) is 0 Å². The summed E-state index contributed by atoms with van der Waals surface area (Å²) in [6.07, 6.45) is 2.40. The summed E-state index contributed by atoms with van der Waals surface area (Å²) in [6.45, 7) is 13.0. The largest absolute Gasteiger partial charge is 0.356 e. The van der Waals surface area contributed by atoms with Gasteiger partial charge in [-0.1, -0.05) is 13.8 Å². The number of anilines is 2. The van der Waals surface area contributed by atoms with Crippen molar-refractivity contribution >= 4 is 11.6 Å². The fourth-order valence-electron chi connectivity index (χ4n) is 4.45. The molecule has 0 saturated carbocycles. The second-order valence-corrected chi connectivity index (χ2v) is 8.56. The highest BCUT2D eigenvalue weighted by Gasteiger charge is 2.28. The third-order valence-electron chi connectivity index (χ3n) is 6.40. The fourth-order valence-corrected chi connectivity index (χ4v) is 4.45. The van der Waals surface area contributed by atoms with E-state index < -0.39 is 0 Å². The number of hydrogen-bond donors (Lipinski definition) is 0. The Morgan fingerprint density at radius 2 is 1.57 bits per heavy atom. The summed E-state index contributed by atoms with van der Waals surface area (Å²) in [5.41, 5.74) is 0.703. The maximum atomic E-state index is 9.61. The molecule has 2 unspecified atom stereocenters. The molecular formula is C22H36N6. The topological polar surface area (TPSA) is 49.6 Å². The maximum Gasteiger partial charge on any atom is 0.148 e. The van der Waals surface area contributed by atoms with Crippen molar-refractivity contribution in [1.29, 1.82) is 5.26 Å². The molecule has 3 rings (SSSR count). The van der Waals surface area contributed by atoms with Gasteiger partial charge >= 0.3 is 0 Å². The smallest absolute Gasteiger partial charge is 0.148 e. The molecule has 0 N–H and O–H groups in total. The quantitative estimate of drug-likeness (QED) is 0.686. The van der Waals surface area contributed by atoms with Gasteiger partial charge in [-0.3, -0.25) is 0 Å². The summed E-state index contributed by atoms with van der Waals surface area (Å²) >= 11 is 0. The SMILES string of the molecule is CCN(C)CC1CCN(c2ccc(C#N)c(N3CCC(CN(C)CC)C3)n2)C1. The first kappa shape index (κ1) is 20.9. The van der Waals surface area contributed by atoms with Crippen LogP contribution in [-0.2, 0) is 0 Å². The molecule has 0 bridgehead atoms. The molecule has 0 spiro atoms. The van der Waals surface area contributed by atoms with Crippen LogP contribution >= 0.6 is 0 Å². The molecule has 28 heavy (non-hydrogen) atoms. The third-order valence-corrected chi connectivity index (χ3v) is 6.40. The lowest BCUT2D eigenvalue weighted by atomic mass is 10.1. The van der Waals surface area contributed by atoms with Gasteiger partial charge in [0, 0.05) is 39.3 Å². The average Bonchev–Trinajstić information content (AvgIpc) is 3.37. The minimum Gasteiger partial charge on any atom is -0.356 e. The van der Waals surface area contributed by atoms with Crippen LogP contribution < -0.4 is 9.80 Å². The molecule has 0 aliphatic carbocycles. The average molecular weight is 385 g/mol. The monoisotopic (exact) mass is 384 g/mol. The van der Waals surface area contributed by atoms with E-state index in [0.717, 1.165) is 64.0 Å². The Morgan fingerprint density at radius 3 is 2.14 bits per heavy atom. The Hall–Kier alpha value is -1.84. The fraction of sp³-hybridized carbons (Fsp3) is 0.727. The van der Waals surface area contributed by atoms with Crippen molar-refractivity contribution in [3.63, 3.8) is 0 Å². The van der Waals surface area contributed by atoms with E-state index in [0.29, 0.717) is 17.4 Å². The molecule has 1 aromatic rings. The number of rotatable bonds is 8. The predicted molar refractivity (Wildman–Crippen MR) is 116 cm³/mol. The summed E-state index contributed by atoms with van der Waals surface area (Å²) in [5.74, 6) is 3.27. The molecular weight excluding hydrogens is 348 g/mol. The highest BCUT2D eigenvalue weighted by molar-refractivity contribution is 5.59. The van der Waals surface area contributed by atoms with Crippen molar-refractivity contribution in [2.75, 3.05) is 76.3 Å². The van der Waals surface area contributed by atoms with Gasteiger partial charge in [-0.15, -0.1) is 0 Å². The molecule has 2 aliphatic rings. The molecule has 2 saturated heterocycles. The molecule has 6 heteroatoms. The zero-order valence-corrected chi connectivity index (χ0v) is 18.1. The summed E-state index contributed by atoms with van der Waals surface area (Å²) in [7, 11) is 4.38. The molecule has 0 radical (unpaired) electrons. The second kappa shape index (κ2) is 9.58. The van der Waals surface area contributed by atoms with Gasteiger partial charge in [0.05, 0.1) is 5.56 Å². The van der Waals surface area contributed by atoms with Gasteiger partial charge < -0.3 is 19.6 Å².